The minimum absolute atomic E-state index is 0.0772. The van der Waals surface area contributed by atoms with Gasteiger partial charge in [0.25, 0.3) is 11.6 Å². The molecule has 10 heteroatoms. The van der Waals surface area contributed by atoms with Gasteiger partial charge in [-0.2, -0.15) is 5.26 Å². The molecule has 2 rings (SSSR count). The van der Waals surface area contributed by atoms with Crippen LogP contribution >= 0.6 is 31.9 Å². The summed E-state index contributed by atoms with van der Waals surface area (Å²) in [6.45, 7) is 3.90. The summed E-state index contributed by atoms with van der Waals surface area (Å²) in [6, 6.07) is 8.97. The van der Waals surface area contributed by atoms with Gasteiger partial charge < -0.3 is 14.8 Å². The van der Waals surface area contributed by atoms with E-state index in [9.17, 15) is 20.2 Å². The fourth-order valence-corrected chi connectivity index (χ4v) is 3.81. The van der Waals surface area contributed by atoms with Crippen LogP contribution in [0.4, 0.5) is 11.4 Å². The second-order valence-corrected chi connectivity index (χ2v) is 7.39. The maximum Gasteiger partial charge on any atom is 0.271 e. The normalized spacial score (nSPS) is 10.7. The average Bonchev–Trinajstić information content (AvgIpc) is 2.71. The molecule has 154 valence electrons. The van der Waals surface area contributed by atoms with Gasteiger partial charge in [0.05, 0.1) is 26.7 Å². The first-order valence-electron chi connectivity index (χ1n) is 8.29. The SMILES string of the molecule is C=CCOc1c(Br)cc(/C=C(\C#N)C(=O)Nc2cc([N+](=O)[O-])ccc2OC)cc1Br. The fourth-order valence-electron chi connectivity index (χ4n) is 2.36. The van der Waals surface area contributed by atoms with E-state index >= 15 is 0 Å². The largest absolute Gasteiger partial charge is 0.495 e. The molecule has 1 N–H and O–H groups in total. The number of amides is 1. The highest BCUT2D eigenvalue weighted by molar-refractivity contribution is 9.11. The van der Waals surface area contributed by atoms with E-state index in [4.69, 9.17) is 9.47 Å². The second-order valence-electron chi connectivity index (χ2n) is 5.68. The van der Waals surface area contributed by atoms with Crippen LogP contribution in [0.25, 0.3) is 6.08 Å². The number of halogens is 2. The number of anilines is 1. The molecule has 0 spiro atoms. The molecule has 2 aromatic carbocycles. The first kappa shape index (κ1) is 23.1. The molecule has 0 saturated carbocycles. The van der Waals surface area contributed by atoms with Gasteiger partial charge in [-0.3, -0.25) is 14.9 Å². The molecule has 0 fully saturated rings. The van der Waals surface area contributed by atoms with Crippen LogP contribution in [0.5, 0.6) is 11.5 Å². The topological polar surface area (TPSA) is 114 Å². The molecule has 0 bridgehead atoms. The lowest BCUT2D eigenvalue weighted by Crippen LogP contribution is -2.14. The molecule has 0 aliphatic heterocycles. The van der Waals surface area contributed by atoms with E-state index in [1.807, 2.05) is 6.07 Å². The smallest absolute Gasteiger partial charge is 0.271 e. The number of nitrogens with zero attached hydrogens (tertiary/aromatic N) is 2. The number of nitro benzene ring substituents is 1. The molecule has 0 saturated heterocycles. The summed E-state index contributed by atoms with van der Waals surface area (Å²) in [7, 11) is 1.36. The van der Waals surface area contributed by atoms with Gasteiger partial charge in [-0.15, -0.1) is 0 Å². The summed E-state index contributed by atoms with van der Waals surface area (Å²) in [6.07, 6.45) is 2.99. The summed E-state index contributed by atoms with van der Waals surface area (Å²) in [4.78, 5) is 23.0. The number of nitriles is 1. The van der Waals surface area contributed by atoms with E-state index in [-0.39, 0.29) is 22.7 Å². The highest BCUT2D eigenvalue weighted by Crippen LogP contribution is 2.35. The third-order valence-corrected chi connectivity index (χ3v) is 4.86. The Balaban J connectivity index is 2.34. The predicted molar refractivity (Wildman–Crippen MR) is 119 cm³/mol. The Morgan fingerprint density at radius 3 is 2.53 bits per heavy atom. The van der Waals surface area contributed by atoms with Crippen LogP contribution in [0.3, 0.4) is 0 Å². The molecule has 0 aliphatic carbocycles. The molecular formula is C20H15Br2N3O5. The third-order valence-electron chi connectivity index (χ3n) is 3.68. The summed E-state index contributed by atoms with van der Waals surface area (Å²) in [5.74, 6) is 0.0346. The van der Waals surface area contributed by atoms with Crippen LogP contribution in [0.1, 0.15) is 5.56 Å². The molecule has 0 unspecified atom stereocenters. The van der Waals surface area contributed by atoms with E-state index in [0.717, 1.165) is 6.07 Å². The zero-order valence-corrected chi connectivity index (χ0v) is 18.8. The Hall–Kier alpha value is -3.16. The maximum atomic E-state index is 12.6. The lowest BCUT2D eigenvalue weighted by molar-refractivity contribution is -0.384. The third kappa shape index (κ3) is 5.68. The molecule has 1 amide bonds. The number of carbonyl (C=O) groups is 1. The van der Waals surface area contributed by atoms with Crippen molar-refractivity contribution < 1.29 is 19.2 Å². The molecule has 2 aromatic rings. The van der Waals surface area contributed by atoms with Crippen molar-refractivity contribution in [3.63, 3.8) is 0 Å². The number of ether oxygens (including phenoxy) is 2. The number of nitrogens with one attached hydrogen (secondary N) is 1. The van der Waals surface area contributed by atoms with E-state index in [1.165, 1.54) is 25.3 Å². The number of rotatable bonds is 8. The first-order chi connectivity index (χ1) is 14.3. The first-order valence-corrected chi connectivity index (χ1v) is 9.87. The molecule has 8 nitrogen and oxygen atoms in total. The van der Waals surface area contributed by atoms with Gasteiger partial charge in [0.1, 0.15) is 29.7 Å². The van der Waals surface area contributed by atoms with Crippen molar-refractivity contribution >= 4 is 55.2 Å². The average molecular weight is 537 g/mol. The lowest BCUT2D eigenvalue weighted by Gasteiger charge is -2.11. The molecule has 0 atom stereocenters. The van der Waals surface area contributed by atoms with Gasteiger partial charge >= 0.3 is 0 Å². The monoisotopic (exact) mass is 535 g/mol. The Kier molecular flexibility index (Phi) is 8.15. The van der Waals surface area contributed by atoms with Gasteiger partial charge in [-0.05, 0) is 61.7 Å². The standard InChI is InChI=1S/C20H15Br2N3O5/c1-3-6-30-19-15(21)8-12(9-16(19)22)7-13(11-23)20(26)24-17-10-14(25(27)28)4-5-18(17)29-2/h3-5,7-10H,1,6H2,2H3,(H,24,26)/b13-7+. The van der Waals surface area contributed by atoms with Gasteiger partial charge in [0.15, 0.2) is 0 Å². The van der Waals surface area contributed by atoms with E-state index in [2.05, 4.69) is 43.8 Å². The van der Waals surface area contributed by atoms with Gasteiger partial charge in [-0.1, -0.05) is 12.7 Å². The molecule has 0 aromatic heterocycles. The number of benzene rings is 2. The number of hydrogen-bond donors (Lipinski definition) is 1. The summed E-state index contributed by atoms with van der Waals surface area (Å²) in [5, 5.41) is 22.9. The highest BCUT2D eigenvalue weighted by atomic mass is 79.9. The zero-order valence-electron chi connectivity index (χ0n) is 15.6. The van der Waals surface area contributed by atoms with E-state index in [1.54, 1.807) is 18.2 Å². The molecule has 0 aliphatic rings. The summed E-state index contributed by atoms with van der Waals surface area (Å²) >= 11 is 6.78. The zero-order chi connectivity index (χ0) is 22.3. The highest BCUT2D eigenvalue weighted by Gasteiger charge is 2.17. The van der Waals surface area contributed by atoms with Crippen LogP contribution in [-0.2, 0) is 4.79 Å². The van der Waals surface area contributed by atoms with Crippen LogP contribution in [-0.4, -0.2) is 24.5 Å². The Bertz CT molecular complexity index is 1050. The van der Waals surface area contributed by atoms with Crippen molar-refractivity contribution in [3.8, 4) is 17.6 Å². The van der Waals surface area contributed by atoms with Crippen LogP contribution < -0.4 is 14.8 Å². The van der Waals surface area contributed by atoms with Crippen LogP contribution in [0, 0.1) is 21.4 Å². The van der Waals surface area contributed by atoms with Crippen molar-refractivity contribution in [1.29, 1.82) is 5.26 Å². The minimum Gasteiger partial charge on any atom is -0.495 e. The van der Waals surface area contributed by atoms with Crippen molar-refractivity contribution in [3.05, 3.63) is 73.2 Å². The Morgan fingerprint density at radius 1 is 1.33 bits per heavy atom. The Morgan fingerprint density at radius 2 is 2.00 bits per heavy atom. The van der Waals surface area contributed by atoms with Crippen molar-refractivity contribution in [2.45, 2.75) is 0 Å². The predicted octanol–water partition coefficient (Wildman–Crippen LogP) is 5.24. The van der Waals surface area contributed by atoms with Gasteiger partial charge in [-0.25, -0.2) is 0 Å². The maximum absolute atomic E-state index is 12.6. The number of hydrogen-bond acceptors (Lipinski definition) is 6. The van der Waals surface area contributed by atoms with E-state index in [0.29, 0.717) is 26.9 Å². The van der Waals surface area contributed by atoms with Gasteiger partial charge in [0.2, 0.25) is 0 Å². The van der Waals surface area contributed by atoms with Crippen LogP contribution in [0.2, 0.25) is 0 Å². The quantitative estimate of drug-likeness (QED) is 0.162. The van der Waals surface area contributed by atoms with Crippen LogP contribution in [0.15, 0.2) is 57.5 Å². The summed E-state index contributed by atoms with van der Waals surface area (Å²) in [5.41, 5.74) is 0.199. The minimum atomic E-state index is -0.740. The van der Waals surface area contributed by atoms with Crippen molar-refractivity contribution in [1.82, 2.24) is 0 Å². The molecule has 30 heavy (non-hydrogen) atoms. The number of nitro groups is 1. The number of non-ortho nitro benzene ring substituents is 1. The summed E-state index contributed by atoms with van der Waals surface area (Å²) < 4.78 is 11.9. The molecule has 0 heterocycles. The fraction of sp³-hybridized carbons (Fsp3) is 0.100. The Labute approximate surface area is 189 Å². The van der Waals surface area contributed by atoms with Gasteiger partial charge in [0, 0.05) is 12.1 Å². The number of carbonyl (C=O) groups excluding carboxylic acids is 1. The van der Waals surface area contributed by atoms with E-state index < -0.39 is 10.8 Å². The molecular weight excluding hydrogens is 522 g/mol. The van der Waals surface area contributed by atoms with Crippen molar-refractivity contribution in [2.75, 3.05) is 19.0 Å². The van der Waals surface area contributed by atoms with Crippen molar-refractivity contribution in [2.24, 2.45) is 0 Å². The molecule has 0 radical (unpaired) electrons. The lowest BCUT2D eigenvalue weighted by atomic mass is 10.1. The second kappa shape index (κ2) is 10.6. The number of methoxy groups -OCH3 is 1.